The molecule has 6 heteroatoms. The van der Waals surface area contributed by atoms with Crippen LogP contribution in [0.15, 0.2) is 34.8 Å². The van der Waals surface area contributed by atoms with Crippen LogP contribution in [0, 0.1) is 3.57 Å². The number of rotatable bonds is 3. The third kappa shape index (κ3) is 2.74. The molecule has 0 aliphatic heterocycles. The Hall–Kier alpha value is -1.28. The number of benzene rings is 2. The van der Waals surface area contributed by atoms with Crippen molar-refractivity contribution in [3.63, 3.8) is 0 Å². The number of hydrogen-bond acceptors (Lipinski definition) is 3. The van der Waals surface area contributed by atoms with Gasteiger partial charge in [0, 0.05) is 25.7 Å². The molecule has 4 nitrogen and oxygen atoms in total. The zero-order chi connectivity index (χ0) is 15.0. The second-order valence-electron chi connectivity index (χ2n) is 4.43. The van der Waals surface area contributed by atoms with E-state index in [4.69, 9.17) is 9.47 Å². The van der Waals surface area contributed by atoms with Crippen molar-refractivity contribution in [2.75, 3.05) is 14.2 Å². The van der Waals surface area contributed by atoms with E-state index in [0.29, 0.717) is 11.5 Å². The average Bonchev–Trinajstić information content (AvgIpc) is 2.90. The van der Waals surface area contributed by atoms with Crippen LogP contribution in [0.25, 0.3) is 22.4 Å². The van der Waals surface area contributed by atoms with Gasteiger partial charge >= 0.3 is 0 Å². The Kier molecular flexibility index (Phi) is 4.08. The van der Waals surface area contributed by atoms with Crippen LogP contribution in [0.5, 0.6) is 11.5 Å². The first-order chi connectivity index (χ1) is 10.1. The maximum atomic E-state index is 5.32. The summed E-state index contributed by atoms with van der Waals surface area (Å²) in [4.78, 5) is 7.99. The zero-order valence-electron chi connectivity index (χ0n) is 11.4. The van der Waals surface area contributed by atoms with Gasteiger partial charge in [0.15, 0.2) is 11.5 Å². The number of methoxy groups -OCH3 is 2. The fraction of sp³-hybridized carbons (Fsp3) is 0.133. The molecule has 0 amide bonds. The first-order valence-corrected chi connectivity index (χ1v) is 8.06. The summed E-state index contributed by atoms with van der Waals surface area (Å²) >= 11 is 5.80. The molecule has 1 N–H and O–H groups in total. The fourth-order valence-corrected chi connectivity index (χ4v) is 3.10. The molecule has 0 atom stereocenters. The smallest absolute Gasteiger partial charge is 0.163 e. The van der Waals surface area contributed by atoms with Crippen molar-refractivity contribution in [1.82, 2.24) is 9.97 Å². The molecule has 0 fully saturated rings. The van der Waals surface area contributed by atoms with E-state index in [0.717, 1.165) is 30.5 Å². The van der Waals surface area contributed by atoms with Crippen LogP contribution < -0.4 is 9.47 Å². The average molecular weight is 459 g/mol. The highest BCUT2D eigenvalue weighted by Gasteiger charge is 2.13. The van der Waals surface area contributed by atoms with Gasteiger partial charge in [-0.1, -0.05) is 15.9 Å². The van der Waals surface area contributed by atoms with Gasteiger partial charge in [0.1, 0.15) is 5.82 Å². The number of ether oxygens (including phenoxy) is 2. The molecule has 0 bridgehead atoms. The molecule has 108 valence electrons. The van der Waals surface area contributed by atoms with Crippen LogP contribution in [0.3, 0.4) is 0 Å². The monoisotopic (exact) mass is 458 g/mol. The summed E-state index contributed by atoms with van der Waals surface area (Å²) in [6.07, 6.45) is 0. The normalized spacial score (nSPS) is 10.9. The maximum Gasteiger partial charge on any atom is 0.163 e. The number of H-pyrrole nitrogens is 1. The number of fused-ring (bicyclic) bond motifs is 1. The summed E-state index contributed by atoms with van der Waals surface area (Å²) < 4.78 is 12.8. The summed E-state index contributed by atoms with van der Waals surface area (Å²) in [6.45, 7) is 0. The fourth-order valence-electron chi connectivity index (χ4n) is 2.14. The number of aromatic nitrogens is 2. The van der Waals surface area contributed by atoms with Gasteiger partial charge in [-0.2, -0.15) is 0 Å². The highest BCUT2D eigenvalue weighted by atomic mass is 127. The molecule has 0 saturated carbocycles. The molecular formula is C15H12BrIN2O2. The van der Waals surface area contributed by atoms with E-state index in [-0.39, 0.29) is 0 Å². The molecular weight excluding hydrogens is 447 g/mol. The van der Waals surface area contributed by atoms with Gasteiger partial charge in [-0.3, -0.25) is 0 Å². The summed E-state index contributed by atoms with van der Waals surface area (Å²) in [5.41, 5.74) is 2.82. The Bertz CT molecular complexity index is 776. The van der Waals surface area contributed by atoms with E-state index in [1.54, 1.807) is 14.2 Å². The number of aromatic amines is 1. The Morgan fingerprint density at radius 1 is 1.10 bits per heavy atom. The lowest BCUT2D eigenvalue weighted by Crippen LogP contribution is -1.89. The Morgan fingerprint density at radius 3 is 2.52 bits per heavy atom. The zero-order valence-corrected chi connectivity index (χ0v) is 15.1. The van der Waals surface area contributed by atoms with Gasteiger partial charge < -0.3 is 14.5 Å². The number of nitrogens with one attached hydrogen (secondary N) is 1. The Morgan fingerprint density at radius 2 is 1.81 bits per heavy atom. The summed E-state index contributed by atoms with van der Waals surface area (Å²) in [5.74, 6) is 2.18. The van der Waals surface area contributed by atoms with E-state index < -0.39 is 0 Å². The van der Waals surface area contributed by atoms with Crippen LogP contribution in [0.2, 0.25) is 0 Å². The molecule has 0 spiro atoms. The quantitative estimate of drug-likeness (QED) is 0.583. The van der Waals surface area contributed by atoms with E-state index in [1.807, 2.05) is 30.3 Å². The van der Waals surface area contributed by atoms with E-state index in [1.165, 1.54) is 0 Å². The molecule has 0 saturated heterocycles. The van der Waals surface area contributed by atoms with Crippen LogP contribution in [-0.4, -0.2) is 24.2 Å². The summed E-state index contributed by atoms with van der Waals surface area (Å²) in [6, 6.07) is 9.89. The second kappa shape index (κ2) is 5.84. The standard InChI is InChI=1S/C15H12BrIN2O2/c1-20-13-6-11-12(7-14(13)21-2)19-15(18-11)9-5-8(16)3-4-10(9)17/h3-7H,1-2H3,(H,18,19). The topological polar surface area (TPSA) is 47.1 Å². The minimum atomic E-state index is 0.673. The second-order valence-corrected chi connectivity index (χ2v) is 6.51. The number of halogens is 2. The first kappa shape index (κ1) is 14.6. The third-order valence-corrected chi connectivity index (χ3v) is 4.60. The number of imidazole rings is 1. The predicted octanol–water partition coefficient (Wildman–Crippen LogP) is 4.61. The largest absolute Gasteiger partial charge is 0.493 e. The van der Waals surface area contributed by atoms with Crippen molar-refractivity contribution in [3.8, 4) is 22.9 Å². The SMILES string of the molecule is COc1cc2nc(-c3cc(Br)ccc3I)[nH]c2cc1OC. The molecule has 0 aliphatic carbocycles. The maximum absolute atomic E-state index is 5.32. The lowest BCUT2D eigenvalue weighted by molar-refractivity contribution is 0.356. The van der Waals surface area contributed by atoms with Crippen molar-refractivity contribution < 1.29 is 9.47 Å². The van der Waals surface area contributed by atoms with Crippen molar-refractivity contribution >= 4 is 49.6 Å². The highest BCUT2D eigenvalue weighted by molar-refractivity contribution is 14.1. The van der Waals surface area contributed by atoms with Crippen LogP contribution in [0.4, 0.5) is 0 Å². The third-order valence-electron chi connectivity index (χ3n) is 3.17. The molecule has 0 radical (unpaired) electrons. The van der Waals surface area contributed by atoms with E-state index in [2.05, 4.69) is 48.5 Å². The molecule has 0 unspecified atom stereocenters. The molecule has 3 rings (SSSR count). The van der Waals surface area contributed by atoms with E-state index in [9.17, 15) is 0 Å². The predicted molar refractivity (Wildman–Crippen MR) is 95.1 cm³/mol. The van der Waals surface area contributed by atoms with Crippen LogP contribution in [-0.2, 0) is 0 Å². The van der Waals surface area contributed by atoms with Gasteiger partial charge in [-0.05, 0) is 40.8 Å². The Labute approximate surface area is 144 Å². The van der Waals surface area contributed by atoms with Gasteiger partial charge in [0.05, 0.1) is 25.3 Å². The van der Waals surface area contributed by atoms with Crippen molar-refractivity contribution in [2.45, 2.75) is 0 Å². The highest BCUT2D eigenvalue weighted by Crippen LogP contribution is 2.33. The van der Waals surface area contributed by atoms with E-state index >= 15 is 0 Å². The van der Waals surface area contributed by atoms with Gasteiger partial charge in [-0.25, -0.2) is 4.98 Å². The Balaban J connectivity index is 2.19. The molecule has 2 aromatic carbocycles. The van der Waals surface area contributed by atoms with Crippen LogP contribution in [0.1, 0.15) is 0 Å². The minimum Gasteiger partial charge on any atom is -0.493 e. The molecule has 3 aromatic rings. The summed E-state index contributed by atoms with van der Waals surface area (Å²) in [7, 11) is 3.24. The van der Waals surface area contributed by atoms with Crippen molar-refractivity contribution in [3.05, 3.63) is 38.4 Å². The lowest BCUT2D eigenvalue weighted by atomic mass is 10.2. The lowest BCUT2D eigenvalue weighted by Gasteiger charge is -2.06. The van der Waals surface area contributed by atoms with Gasteiger partial charge in [0.2, 0.25) is 0 Å². The molecule has 21 heavy (non-hydrogen) atoms. The van der Waals surface area contributed by atoms with Gasteiger partial charge in [-0.15, -0.1) is 0 Å². The molecule has 1 heterocycles. The number of nitrogens with zero attached hydrogens (tertiary/aromatic N) is 1. The van der Waals surface area contributed by atoms with Gasteiger partial charge in [0.25, 0.3) is 0 Å². The first-order valence-electron chi connectivity index (χ1n) is 6.19. The van der Waals surface area contributed by atoms with Crippen molar-refractivity contribution in [2.24, 2.45) is 0 Å². The van der Waals surface area contributed by atoms with Crippen LogP contribution >= 0.6 is 38.5 Å². The summed E-state index contributed by atoms with van der Waals surface area (Å²) in [5, 5.41) is 0. The molecule has 0 aliphatic rings. The minimum absolute atomic E-state index is 0.673. The van der Waals surface area contributed by atoms with Crippen molar-refractivity contribution in [1.29, 1.82) is 0 Å². The molecule has 1 aromatic heterocycles. The number of hydrogen-bond donors (Lipinski definition) is 1.